The van der Waals surface area contributed by atoms with Gasteiger partial charge in [-0.3, -0.25) is 0 Å². The molecule has 1 heterocycles. The molecule has 0 fully saturated rings. The molecule has 1 unspecified atom stereocenters. The van der Waals surface area contributed by atoms with Crippen molar-refractivity contribution in [2.45, 2.75) is 13.0 Å². The van der Waals surface area contributed by atoms with Gasteiger partial charge >= 0.3 is 5.97 Å². The van der Waals surface area contributed by atoms with Crippen LogP contribution in [-0.4, -0.2) is 16.1 Å². The number of carboxylic acids is 1. The molecule has 0 saturated heterocycles. The number of aromatic nitrogens is 1. The second-order valence-corrected chi connectivity index (χ2v) is 5.05. The van der Waals surface area contributed by atoms with E-state index in [1.165, 1.54) is 16.8 Å². The minimum Gasteiger partial charge on any atom is -0.476 e. The van der Waals surface area contributed by atoms with Crippen LogP contribution in [-0.2, 0) is 0 Å². The molecule has 0 aliphatic carbocycles. The number of anilines is 1. The van der Waals surface area contributed by atoms with Crippen LogP contribution in [0.4, 0.5) is 5.00 Å². The van der Waals surface area contributed by atoms with E-state index >= 15 is 0 Å². The molecule has 4 nitrogen and oxygen atoms in total. The summed E-state index contributed by atoms with van der Waals surface area (Å²) in [4.78, 5) is 14.7. The summed E-state index contributed by atoms with van der Waals surface area (Å²) in [5.41, 5.74) is 2.55. The smallest absolute Gasteiger partial charge is 0.357 e. The van der Waals surface area contributed by atoms with Crippen LogP contribution in [0.1, 0.15) is 29.0 Å². The predicted octanol–water partition coefficient (Wildman–Crippen LogP) is 3.67. The third-order valence-corrected chi connectivity index (χ3v) is 3.46. The van der Waals surface area contributed by atoms with Crippen LogP contribution in [0.2, 0.25) is 5.02 Å². The van der Waals surface area contributed by atoms with E-state index in [0.717, 1.165) is 5.56 Å². The number of carboxylic acid groups (broad SMARTS) is 1. The molecule has 0 aliphatic rings. The number of halogens is 1. The van der Waals surface area contributed by atoms with Crippen molar-refractivity contribution >= 4 is 33.9 Å². The largest absolute Gasteiger partial charge is 0.476 e. The number of nitrogens with one attached hydrogen (secondary N) is 1. The number of carbonyl (C=O) groups is 1. The number of hydrogen-bond acceptors (Lipinski definition) is 4. The monoisotopic (exact) mass is 282 g/mol. The highest BCUT2D eigenvalue weighted by atomic mass is 35.5. The van der Waals surface area contributed by atoms with Crippen molar-refractivity contribution in [1.82, 2.24) is 4.98 Å². The maximum Gasteiger partial charge on any atom is 0.357 e. The Morgan fingerprint density at radius 3 is 3.00 bits per heavy atom. The first-order chi connectivity index (χ1) is 8.58. The molecule has 0 aliphatic heterocycles. The number of thiazole rings is 1. The van der Waals surface area contributed by atoms with Gasteiger partial charge in [0.05, 0.1) is 5.51 Å². The van der Waals surface area contributed by atoms with E-state index in [1.807, 2.05) is 25.1 Å². The van der Waals surface area contributed by atoms with E-state index in [-0.39, 0.29) is 11.7 Å². The van der Waals surface area contributed by atoms with Gasteiger partial charge in [-0.25, -0.2) is 9.78 Å². The lowest BCUT2D eigenvalue weighted by molar-refractivity contribution is 0.0692. The van der Waals surface area contributed by atoms with E-state index in [1.54, 1.807) is 6.07 Å². The van der Waals surface area contributed by atoms with Crippen LogP contribution in [0.3, 0.4) is 0 Å². The highest BCUT2D eigenvalue weighted by Gasteiger charge is 2.15. The Balaban J connectivity index is 2.18. The average molecular weight is 283 g/mol. The van der Waals surface area contributed by atoms with Crippen LogP contribution in [0.15, 0.2) is 29.8 Å². The summed E-state index contributed by atoms with van der Waals surface area (Å²) in [6.07, 6.45) is 0. The molecule has 0 saturated carbocycles. The molecule has 2 rings (SSSR count). The van der Waals surface area contributed by atoms with E-state index in [2.05, 4.69) is 10.3 Å². The average Bonchev–Trinajstić information content (AvgIpc) is 2.77. The van der Waals surface area contributed by atoms with Gasteiger partial charge in [-0.2, -0.15) is 0 Å². The zero-order chi connectivity index (χ0) is 13.1. The maximum absolute atomic E-state index is 10.9. The van der Waals surface area contributed by atoms with E-state index in [4.69, 9.17) is 16.7 Å². The lowest BCUT2D eigenvalue weighted by Gasteiger charge is -2.14. The molecule has 0 spiro atoms. The van der Waals surface area contributed by atoms with Crippen LogP contribution in [0, 0.1) is 0 Å². The molecular weight excluding hydrogens is 272 g/mol. The molecule has 2 aromatic rings. The number of aromatic carboxylic acids is 1. The fourth-order valence-corrected chi connectivity index (χ4v) is 2.52. The molecule has 0 bridgehead atoms. The Morgan fingerprint density at radius 1 is 1.56 bits per heavy atom. The standard InChI is InChI=1S/C12H11ClN2O2S/c1-7(8-3-2-4-9(13)5-8)15-11-10(12(16)17)14-6-18-11/h2-7,15H,1H3,(H,16,17). The van der Waals surface area contributed by atoms with Gasteiger partial charge in [0.15, 0.2) is 5.69 Å². The summed E-state index contributed by atoms with van der Waals surface area (Å²) in [5.74, 6) is -1.03. The van der Waals surface area contributed by atoms with Gasteiger partial charge in [-0.05, 0) is 24.6 Å². The minimum absolute atomic E-state index is 0.0396. The van der Waals surface area contributed by atoms with Crippen molar-refractivity contribution < 1.29 is 9.90 Å². The van der Waals surface area contributed by atoms with E-state index in [0.29, 0.717) is 10.0 Å². The van der Waals surface area contributed by atoms with Crippen molar-refractivity contribution in [3.05, 3.63) is 46.1 Å². The lowest BCUT2D eigenvalue weighted by atomic mass is 10.1. The third-order valence-electron chi connectivity index (χ3n) is 2.47. The van der Waals surface area contributed by atoms with E-state index in [9.17, 15) is 4.79 Å². The van der Waals surface area contributed by atoms with E-state index < -0.39 is 5.97 Å². The fourth-order valence-electron chi connectivity index (χ4n) is 1.56. The quantitative estimate of drug-likeness (QED) is 0.898. The highest BCUT2D eigenvalue weighted by Crippen LogP contribution is 2.26. The first kappa shape index (κ1) is 12.9. The number of rotatable bonds is 4. The summed E-state index contributed by atoms with van der Waals surface area (Å²) in [7, 11) is 0. The highest BCUT2D eigenvalue weighted by molar-refractivity contribution is 7.14. The molecule has 1 atom stereocenters. The zero-order valence-electron chi connectivity index (χ0n) is 9.55. The SMILES string of the molecule is CC(Nc1scnc1C(=O)O)c1cccc(Cl)c1. The second-order valence-electron chi connectivity index (χ2n) is 3.76. The van der Waals surface area contributed by atoms with Gasteiger partial charge < -0.3 is 10.4 Å². The normalized spacial score (nSPS) is 12.1. The van der Waals surface area contributed by atoms with Crippen LogP contribution in [0.5, 0.6) is 0 Å². The lowest BCUT2D eigenvalue weighted by Crippen LogP contribution is -2.09. The Hall–Kier alpha value is -1.59. The van der Waals surface area contributed by atoms with Gasteiger partial charge in [-0.15, -0.1) is 11.3 Å². The Morgan fingerprint density at radius 2 is 2.33 bits per heavy atom. The van der Waals surface area contributed by atoms with Crippen molar-refractivity contribution in [1.29, 1.82) is 0 Å². The predicted molar refractivity (Wildman–Crippen MR) is 72.6 cm³/mol. The second kappa shape index (κ2) is 5.37. The summed E-state index contributed by atoms with van der Waals surface area (Å²) in [5, 5.41) is 13.3. The zero-order valence-corrected chi connectivity index (χ0v) is 11.1. The van der Waals surface area contributed by atoms with Gasteiger partial charge in [0.25, 0.3) is 0 Å². The van der Waals surface area contributed by atoms with Gasteiger partial charge in [-0.1, -0.05) is 23.7 Å². The molecule has 18 heavy (non-hydrogen) atoms. The first-order valence-corrected chi connectivity index (χ1v) is 6.52. The topological polar surface area (TPSA) is 62.2 Å². The Labute approximate surface area is 113 Å². The fraction of sp³-hybridized carbons (Fsp3) is 0.167. The molecule has 0 amide bonds. The Bertz CT molecular complexity index is 571. The van der Waals surface area contributed by atoms with Crippen LogP contribution < -0.4 is 5.32 Å². The summed E-state index contributed by atoms with van der Waals surface area (Å²) in [6.45, 7) is 1.94. The number of nitrogens with zero attached hydrogens (tertiary/aromatic N) is 1. The number of benzene rings is 1. The third kappa shape index (κ3) is 2.80. The van der Waals surface area contributed by atoms with Gasteiger partial charge in [0.2, 0.25) is 0 Å². The molecule has 6 heteroatoms. The molecule has 1 aromatic heterocycles. The van der Waals surface area contributed by atoms with Crippen molar-refractivity contribution in [2.24, 2.45) is 0 Å². The van der Waals surface area contributed by atoms with Gasteiger partial charge in [0, 0.05) is 11.1 Å². The molecular formula is C12H11ClN2O2S. The van der Waals surface area contributed by atoms with Crippen molar-refractivity contribution in [3.63, 3.8) is 0 Å². The summed E-state index contributed by atoms with van der Waals surface area (Å²) in [6, 6.07) is 7.40. The van der Waals surface area contributed by atoms with Gasteiger partial charge in [0.1, 0.15) is 5.00 Å². The number of hydrogen-bond donors (Lipinski definition) is 2. The first-order valence-electron chi connectivity index (χ1n) is 5.26. The minimum atomic E-state index is -1.03. The Kier molecular flexibility index (Phi) is 3.84. The van der Waals surface area contributed by atoms with Crippen LogP contribution >= 0.6 is 22.9 Å². The van der Waals surface area contributed by atoms with Crippen molar-refractivity contribution in [2.75, 3.05) is 5.32 Å². The summed E-state index contributed by atoms with van der Waals surface area (Å²) < 4.78 is 0. The molecule has 94 valence electrons. The summed E-state index contributed by atoms with van der Waals surface area (Å²) >= 11 is 7.19. The van der Waals surface area contributed by atoms with Crippen LogP contribution in [0.25, 0.3) is 0 Å². The maximum atomic E-state index is 10.9. The molecule has 1 aromatic carbocycles. The molecule has 0 radical (unpaired) electrons. The molecule has 2 N–H and O–H groups in total. The van der Waals surface area contributed by atoms with Crippen molar-refractivity contribution in [3.8, 4) is 0 Å².